The average Bonchev–Trinajstić information content (AvgIpc) is 2.95. The highest BCUT2D eigenvalue weighted by Gasteiger charge is 2.14. The third-order valence-electron chi connectivity index (χ3n) is 3.21. The van der Waals surface area contributed by atoms with E-state index in [0.29, 0.717) is 18.9 Å². The van der Waals surface area contributed by atoms with Gasteiger partial charge < -0.3 is 11.1 Å². The second-order valence-corrected chi connectivity index (χ2v) is 6.28. The minimum Gasteiger partial charge on any atom is -0.348 e. The zero-order valence-electron chi connectivity index (χ0n) is 13.2. The number of carbonyl (C=O) groups excluding carboxylic acids is 1. The second-order valence-electron chi connectivity index (χ2n) is 5.33. The second kappa shape index (κ2) is 10.6. The van der Waals surface area contributed by atoms with Gasteiger partial charge in [0.25, 0.3) is 0 Å². The van der Waals surface area contributed by atoms with Crippen molar-refractivity contribution in [1.29, 1.82) is 0 Å². The van der Waals surface area contributed by atoms with Crippen LogP contribution in [0, 0.1) is 0 Å². The minimum atomic E-state index is -0.531. The van der Waals surface area contributed by atoms with Gasteiger partial charge in [0, 0.05) is 5.38 Å². The molecular weight excluding hydrogens is 353 g/mol. The maximum atomic E-state index is 12.0. The molecule has 1 unspecified atom stereocenters. The van der Waals surface area contributed by atoms with Crippen LogP contribution >= 0.6 is 36.2 Å². The first-order valence-corrected chi connectivity index (χ1v) is 7.95. The van der Waals surface area contributed by atoms with Crippen molar-refractivity contribution < 1.29 is 4.79 Å². The number of halogens is 2. The van der Waals surface area contributed by atoms with E-state index in [1.54, 1.807) is 11.3 Å². The fourth-order valence-corrected chi connectivity index (χ4v) is 2.82. The van der Waals surface area contributed by atoms with Crippen molar-refractivity contribution in [2.45, 2.75) is 38.8 Å². The smallest absolute Gasteiger partial charge is 0.237 e. The van der Waals surface area contributed by atoms with Crippen LogP contribution in [0.4, 0.5) is 0 Å². The van der Waals surface area contributed by atoms with Gasteiger partial charge in [0.05, 0.1) is 18.3 Å². The van der Waals surface area contributed by atoms with Crippen molar-refractivity contribution in [3.8, 4) is 0 Å². The van der Waals surface area contributed by atoms with E-state index in [0.717, 1.165) is 16.3 Å². The highest BCUT2D eigenvalue weighted by molar-refractivity contribution is 7.09. The van der Waals surface area contributed by atoms with Gasteiger partial charge in [-0.3, -0.25) is 4.79 Å². The van der Waals surface area contributed by atoms with Crippen LogP contribution in [0.3, 0.4) is 0 Å². The summed E-state index contributed by atoms with van der Waals surface area (Å²) in [7, 11) is 0. The van der Waals surface area contributed by atoms with E-state index in [9.17, 15) is 4.79 Å². The first-order valence-electron chi connectivity index (χ1n) is 7.07. The van der Waals surface area contributed by atoms with Gasteiger partial charge in [-0.05, 0) is 17.9 Å². The molecule has 2 rings (SSSR count). The maximum Gasteiger partial charge on any atom is 0.237 e. The van der Waals surface area contributed by atoms with E-state index in [2.05, 4.69) is 24.1 Å². The van der Waals surface area contributed by atoms with Crippen molar-refractivity contribution in [1.82, 2.24) is 10.3 Å². The van der Waals surface area contributed by atoms with Gasteiger partial charge in [0.15, 0.2) is 0 Å². The van der Waals surface area contributed by atoms with Gasteiger partial charge in [-0.25, -0.2) is 4.98 Å². The number of aromatic nitrogens is 1. The number of benzene rings is 1. The Balaban J connectivity index is 0.00000242. The Hall–Kier alpha value is -1.14. The van der Waals surface area contributed by atoms with Crippen molar-refractivity contribution in [2.24, 2.45) is 5.73 Å². The molecule has 3 N–H and O–H groups in total. The van der Waals surface area contributed by atoms with E-state index in [1.165, 1.54) is 0 Å². The molecule has 0 aliphatic carbocycles. The Morgan fingerprint density at radius 1 is 1.26 bits per heavy atom. The Morgan fingerprint density at radius 2 is 1.91 bits per heavy atom. The van der Waals surface area contributed by atoms with Crippen LogP contribution in [-0.4, -0.2) is 16.9 Å². The molecule has 0 aliphatic rings. The molecule has 0 spiro atoms. The summed E-state index contributed by atoms with van der Waals surface area (Å²) in [6, 6.07) is 9.26. The molecule has 7 heteroatoms. The molecule has 0 radical (unpaired) electrons. The zero-order chi connectivity index (χ0) is 15.2. The van der Waals surface area contributed by atoms with Gasteiger partial charge in [0.2, 0.25) is 5.91 Å². The maximum absolute atomic E-state index is 12.0. The van der Waals surface area contributed by atoms with Crippen LogP contribution in [0.15, 0.2) is 35.7 Å². The zero-order valence-corrected chi connectivity index (χ0v) is 15.6. The first kappa shape index (κ1) is 21.9. The number of rotatable bonds is 6. The Morgan fingerprint density at radius 3 is 2.48 bits per heavy atom. The third-order valence-corrected chi connectivity index (χ3v) is 4.08. The molecule has 1 heterocycles. The fraction of sp³-hybridized carbons (Fsp3) is 0.375. The molecule has 1 amide bonds. The summed E-state index contributed by atoms with van der Waals surface area (Å²) in [6.07, 6.45) is 0.543. The topological polar surface area (TPSA) is 68.0 Å². The van der Waals surface area contributed by atoms with Crippen LogP contribution in [0.2, 0.25) is 0 Å². The summed E-state index contributed by atoms with van der Waals surface area (Å²) < 4.78 is 0. The number of hydrogen-bond acceptors (Lipinski definition) is 4. The molecular formula is C16H23Cl2N3OS. The van der Waals surface area contributed by atoms with Crippen LogP contribution < -0.4 is 11.1 Å². The fourth-order valence-electron chi connectivity index (χ4n) is 1.93. The predicted molar refractivity (Wildman–Crippen MR) is 101 cm³/mol. The highest BCUT2D eigenvalue weighted by Crippen LogP contribution is 2.17. The minimum absolute atomic E-state index is 0. The molecule has 23 heavy (non-hydrogen) atoms. The lowest BCUT2D eigenvalue weighted by Gasteiger charge is -2.11. The quantitative estimate of drug-likeness (QED) is 0.813. The summed E-state index contributed by atoms with van der Waals surface area (Å²) in [5.41, 5.74) is 8.07. The molecule has 2 aromatic rings. The van der Waals surface area contributed by atoms with Gasteiger partial charge in [-0.15, -0.1) is 36.2 Å². The number of nitrogens with two attached hydrogens (primary N) is 1. The molecule has 1 aromatic heterocycles. The van der Waals surface area contributed by atoms with Gasteiger partial charge in [-0.2, -0.15) is 0 Å². The summed E-state index contributed by atoms with van der Waals surface area (Å²) >= 11 is 1.57. The number of nitrogens with one attached hydrogen (secondary N) is 1. The Bertz CT molecular complexity index is 590. The van der Waals surface area contributed by atoms with E-state index in [1.807, 2.05) is 35.7 Å². The van der Waals surface area contributed by atoms with Gasteiger partial charge >= 0.3 is 0 Å². The first-order chi connectivity index (χ1) is 10.1. The predicted octanol–water partition coefficient (Wildman–Crippen LogP) is 3.30. The van der Waals surface area contributed by atoms with Crippen LogP contribution in [0.1, 0.15) is 36.0 Å². The molecule has 0 bridgehead atoms. The summed E-state index contributed by atoms with van der Waals surface area (Å²) in [5, 5.41) is 5.81. The molecule has 0 saturated heterocycles. The van der Waals surface area contributed by atoms with Crippen molar-refractivity contribution >= 4 is 42.1 Å². The average molecular weight is 376 g/mol. The normalized spacial score (nSPS) is 11.3. The molecule has 128 valence electrons. The number of carbonyl (C=O) groups is 1. The summed E-state index contributed by atoms with van der Waals surface area (Å²) in [5.74, 6) is 0.270. The van der Waals surface area contributed by atoms with Gasteiger partial charge in [-0.1, -0.05) is 44.2 Å². The van der Waals surface area contributed by atoms with E-state index in [-0.39, 0.29) is 30.7 Å². The molecule has 1 aromatic carbocycles. The van der Waals surface area contributed by atoms with Crippen molar-refractivity contribution in [3.05, 3.63) is 52.0 Å². The third kappa shape index (κ3) is 6.87. The van der Waals surface area contributed by atoms with Crippen LogP contribution in [-0.2, 0) is 17.8 Å². The lowest BCUT2D eigenvalue weighted by Crippen LogP contribution is -2.41. The molecule has 0 saturated carbocycles. The summed E-state index contributed by atoms with van der Waals surface area (Å²) in [6.45, 7) is 4.65. The monoisotopic (exact) mass is 375 g/mol. The summed E-state index contributed by atoms with van der Waals surface area (Å²) in [4.78, 5) is 16.5. The molecule has 1 atom stereocenters. The van der Waals surface area contributed by atoms with E-state index in [4.69, 9.17) is 5.73 Å². The molecule has 0 aliphatic heterocycles. The number of thiazole rings is 1. The van der Waals surface area contributed by atoms with E-state index < -0.39 is 6.04 Å². The van der Waals surface area contributed by atoms with Crippen LogP contribution in [0.25, 0.3) is 0 Å². The lowest BCUT2D eigenvalue weighted by molar-refractivity contribution is -0.122. The Labute approximate surface area is 153 Å². The Kier molecular flexibility index (Phi) is 10.1. The van der Waals surface area contributed by atoms with Crippen LogP contribution in [0.5, 0.6) is 0 Å². The molecule has 0 fully saturated rings. The van der Waals surface area contributed by atoms with E-state index >= 15 is 0 Å². The molecule has 4 nitrogen and oxygen atoms in total. The number of amides is 1. The largest absolute Gasteiger partial charge is 0.348 e. The lowest BCUT2D eigenvalue weighted by atomic mass is 10.1. The SMILES string of the molecule is CC(C)c1csc(CNC(=O)C(N)Cc2ccccc2)n1.Cl.Cl. The van der Waals surface area contributed by atoms with Crippen molar-refractivity contribution in [3.63, 3.8) is 0 Å². The number of nitrogens with zero attached hydrogens (tertiary/aromatic N) is 1. The standard InChI is InChI=1S/C16H21N3OS.2ClH/c1-11(2)14-10-21-15(19-14)9-18-16(20)13(17)8-12-6-4-3-5-7-12;;/h3-7,10-11,13H,8-9,17H2,1-2H3,(H,18,20);2*1H. The number of hydrogen-bond donors (Lipinski definition) is 2. The van der Waals surface area contributed by atoms with Gasteiger partial charge in [0.1, 0.15) is 5.01 Å². The highest BCUT2D eigenvalue weighted by atomic mass is 35.5. The van der Waals surface area contributed by atoms with Crippen molar-refractivity contribution in [2.75, 3.05) is 0 Å².